The number of amides is 2. The molecule has 30 heavy (non-hydrogen) atoms. The minimum absolute atomic E-state index is 0.0325. The maximum Gasteiger partial charge on any atom is 0.290 e. The van der Waals surface area contributed by atoms with Gasteiger partial charge in [-0.05, 0) is 37.5 Å². The maximum absolute atomic E-state index is 12.8. The summed E-state index contributed by atoms with van der Waals surface area (Å²) in [6.07, 6.45) is 6.04. The molecular formula is C21H26N4O5. The van der Waals surface area contributed by atoms with E-state index in [0.717, 1.165) is 30.0 Å². The van der Waals surface area contributed by atoms with Crippen LogP contribution in [0.15, 0.2) is 36.7 Å². The van der Waals surface area contributed by atoms with Crippen LogP contribution < -0.4 is 4.74 Å². The first kappa shape index (κ1) is 21.4. The minimum Gasteiger partial charge on any atom is -0.497 e. The molecule has 2 aliphatic rings. The number of rotatable bonds is 6. The van der Waals surface area contributed by atoms with E-state index in [1.165, 1.54) is 0 Å². The fraction of sp³-hybridized carbons (Fsp3) is 0.429. The van der Waals surface area contributed by atoms with E-state index < -0.39 is 6.04 Å². The number of piperazine rings is 1. The molecule has 1 aliphatic carbocycles. The van der Waals surface area contributed by atoms with Gasteiger partial charge in [0.25, 0.3) is 6.47 Å². The predicted octanol–water partition coefficient (Wildman–Crippen LogP) is 1.69. The Hall–Kier alpha value is -3.36. The average molecular weight is 414 g/mol. The molecule has 1 N–H and O–H groups in total. The summed E-state index contributed by atoms with van der Waals surface area (Å²) in [5.41, 5.74) is 0.974. The highest BCUT2D eigenvalue weighted by Crippen LogP contribution is 2.36. The number of ether oxygens (including phenoxy) is 1. The van der Waals surface area contributed by atoms with E-state index >= 15 is 0 Å². The Bertz CT molecular complexity index is 891. The second kappa shape index (κ2) is 9.43. The van der Waals surface area contributed by atoms with E-state index in [1.807, 2.05) is 30.5 Å². The normalized spacial score (nSPS) is 18.7. The van der Waals surface area contributed by atoms with Crippen molar-refractivity contribution in [1.29, 1.82) is 0 Å². The Morgan fingerprint density at radius 3 is 2.47 bits per heavy atom. The van der Waals surface area contributed by atoms with Gasteiger partial charge in [-0.2, -0.15) is 0 Å². The number of nitrogens with zero attached hydrogens (tertiary/aromatic N) is 4. The molecule has 2 aromatic rings. The molecule has 160 valence electrons. The van der Waals surface area contributed by atoms with Crippen LogP contribution in [-0.4, -0.2) is 62.4 Å². The summed E-state index contributed by atoms with van der Waals surface area (Å²) >= 11 is 0. The zero-order chi connectivity index (χ0) is 21.7. The molecule has 0 bridgehead atoms. The van der Waals surface area contributed by atoms with Crippen LogP contribution in [0.5, 0.6) is 5.75 Å². The van der Waals surface area contributed by atoms with Gasteiger partial charge in [0, 0.05) is 25.0 Å². The van der Waals surface area contributed by atoms with Gasteiger partial charge in [0.05, 0.1) is 13.7 Å². The molecule has 0 unspecified atom stereocenters. The zero-order valence-electron chi connectivity index (χ0n) is 17.1. The SMILES string of the molecule is COc1ccc(CN2CC(=O)N(Cc3nccn3C3CC3)[C@@H](C)C2=O)cc1.O=CO. The molecule has 0 spiro atoms. The maximum atomic E-state index is 12.8. The summed E-state index contributed by atoms with van der Waals surface area (Å²) < 4.78 is 7.29. The van der Waals surface area contributed by atoms with Gasteiger partial charge < -0.3 is 24.2 Å². The quantitative estimate of drug-likeness (QED) is 0.721. The molecule has 1 aromatic carbocycles. The van der Waals surface area contributed by atoms with Crippen molar-refractivity contribution >= 4 is 18.3 Å². The summed E-state index contributed by atoms with van der Waals surface area (Å²) in [7, 11) is 1.62. The lowest BCUT2D eigenvalue weighted by Crippen LogP contribution is -2.58. The molecule has 2 heterocycles. The third-order valence-electron chi connectivity index (χ3n) is 5.32. The van der Waals surface area contributed by atoms with Crippen LogP contribution in [0.4, 0.5) is 0 Å². The van der Waals surface area contributed by atoms with Crippen molar-refractivity contribution in [2.45, 2.75) is 44.9 Å². The Labute approximate surface area is 174 Å². The number of hydrogen-bond donors (Lipinski definition) is 1. The first-order valence-electron chi connectivity index (χ1n) is 9.79. The third kappa shape index (κ3) is 4.79. The van der Waals surface area contributed by atoms with Crippen LogP contribution in [-0.2, 0) is 27.5 Å². The average Bonchev–Trinajstić information content (AvgIpc) is 3.48. The molecule has 2 fully saturated rings. The first-order valence-corrected chi connectivity index (χ1v) is 9.79. The van der Waals surface area contributed by atoms with E-state index in [0.29, 0.717) is 19.1 Å². The molecule has 1 atom stereocenters. The first-order chi connectivity index (χ1) is 14.5. The van der Waals surface area contributed by atoms with Crippen LogP contribution in [0.3, 0.4) is 0 Å². The van der Waals surface area contributed by atoms with Crippen molar-refractivity contribution in [3.05, 3.63) is 48.0 Å². The summed E-state index contributed by atoms with van der Waals surface area (Å²) in [5, 5.41) is 6.89. The molecule has 9 nitrogen and oxygen atoms in total. The van der Waals surface area contributed by atoms with Crippen molar-refractivity contribution < 1.29 is 24.2 Å². The van der Waals surface area contributed by atoms with Gasteiger partial charge in [-0.15, -0.1) is 0 Å². The molecule has 1 saturated heterocycles. The van der Waals surface area contributed by atoms with E-state index in [1.54, 1.807) is 30.0 Å². The van der Waals surface area contributed by atoms with Gasteiger partial charge in [-0.1, -0.05) is 12.1 Å². The number of methoxy groups -OCH3 is 1. The molecular weight excluding hydrogens is 388 g/mol. The Kier molecular flexibility index (Phi) is 6.71. The number of carbonyl (C=O) groups is 3. The lowest BCUT2D eigenvalue weighted by atomic mass is 10.1. The lowest BCUT2D eigenvalue weighted by molar-refractivity contribution is -0.156. The van der Waals surface area contributed by atoms with Crippen LogP contribution in [0.25, 0.3) is 0 Å². The second-order valence-electron chi connectivity index (χ2n) is 7.33. The van der Waals surface area contributed by atoms with Gasteiger partial charge in [-0.3, -0.25) is 14.4 Å². The lowest BCUT2D eigenvalue weighted by Gasteiger charge is -2.38. The molecule has 2 amide bonds. The van der Waals surface area contributed by atoms with Gasteiger partial charge in [0.1, 0.15) is 24.2 Å². The van der Waals surface area contributed by atoms with E-state index in [-0.39, 0.29) is 24.8 Å². The predicted molar refractivity (Wildman–Crippen MR) is 108 cm³/mol. The van der Waals surface area contributed by atoms with Crippen LogP contribution >= 0.6 is 0 Å². The van der Waals surface area contributed by atoms with Crippen LogP contribution in [0, 0.1) is 0 Å². The fourth-order valence-electron chi connectivity index (χ4n) is 3.56. The molecule has 4 rings (SSSR count). The van der Waals surface area contributed by atoms with Gasteiger partial charge in [0.2, 0.25) is 11.8 Å². The highest BCUT2D eigenvalue weighted by molar-refractivity contribution is 5.94. The van der Waals surface area contributed by atoms with Gasteiger partial charge in [-0.25, -0.2) is 4.98 Å². The zero-order valence-corrected chi connectivity index (χ0v) is 17.1. The van der Waals surface area contributed by atoms with E-state index in [9.17, 15) is 9.59 Å². The fourth-order valence-corrected chi connectivity index (χ4v) is 3.56. The number of carbonyl (C=O) groups excluding carboxylic acids is 2. The number of aromatic nitrogens is 2. The van der Waals surface area contributed by atoms with Crippen LogP contribution in [0.1, 0.15) is 37.2 Å². The van der Waals surface area contributed by atoms with Crippen molar-refractivity contribution in [2.75, 3.05) is 13.7 Å². The molecule has 0 radical (unpaired) electrons. The van der Waals surface area contributed by atoms with Crippen molar-refractivity contribution in [1.82, 2.24) is 19.4 Å². The van der Waals surface area contributed by atoms with Crippen LogP contribution in [0.2, 0.25) is 0 Å². The Morgan fingerprint density at radius 2 is 1.87 bits per heavy atom. The van der Waals surface area contributed by atoms with Gasteiger partial charge >= 0.3 is 0 Å². The van der Waals surface area contributed by atoms with Crippen molar-refractivity contribution in [3.63, 3.8) is 0 Å². The Morgan fingerprint density at radius 1 is 1.20 bits per heavy atom. The second-order valence-corrected chi connectivity index (χ2v) is 7.33. The molecule has 1 aliphatic heterocycles. The highest BCUT2D eigenvalue weighted by Gasteiger charge is 2.37. The summed E-state index contributed by atoms with van der Waals surface area (Å²) in [5.74, 6) is 1.55. The van der Waals surface area contributed by atoms with Crippen molar-refractivity contribution in [2.24, 2.45) is 0 Å². The number of hydrogen-bond acceptors (Lipinski definition) is 5. The summed E-state index contributed by atoms with van der Waals surface area (Å²) in [6.45, 7) is 2.44. The molecule has 1 saturated carbocycles. The van der Waals surface area contributed by atoms with Gasteiger partial charge in [0.15, 0.2) is 0 Å². The number of carboxylic acid groups (broad SMARTS) is 1. The molecule has 1 aromatic heterocycles. The topological polar surface area (TPSA) is 105 Å². The van der Waals surface area contributed by atoms with E-state index in [2.05, 4.69) is 9.55 Å². The standard InChI is InChI=1S/C20H24N4O3.CH2O2/c1-14-20(26)22(11-15-3-7-17(27-2)8-4-15)13-19(25)24(14)12-18-21-9-10-23(18)16-5-6-16;2-1-3/h3-4,7-10,14,16H,5-6,11-13H2,1-2H3;1H,(H,2,3)/t14-;/m0./s1. The summed E-state index contributed by atoms with van der Waals surface area (Å²) in [6, 6.07) is 7.56. The molecule has 9 heteroatoms. The number of benzene rings is 1. The van der Waals surface area contributed by atoms with Crippen molar-refractivity contribution in [3.8, 4) is 5.75 Å². The largest absolute Gasteiger partial charge is 0.497 e. The summed E-state index contributed by atoms with van der Waals surface area (Å²) in [4.78, 5) is 41.6. The number of imidazole rings is 1. The van der Waals surface area contributed by atoms with E-state index in [4.69, 9.17) is 14.6 Å². The minimum atomic E-state index is -0.492. The monoisotopic (exact) mass is 414 g/mol. The third-order valence-corrected chi connectivity index (χ3v) is 5.32. The smallest absolute Gasteiger partial charge is 0.290 e. The Balaban J connectivity index is 0.000000806. The highest BCUT2D eigenvalue weighted by atomic mass is 16.5.